The second-order valence-electron chi connectivity index (χ2n) is 4.70. The Kier molecular flexibility index (Phi) is 9.15. The van der Waals surface area contributed by atoms with Crippen molar-refractivity contribution in [3.8, 4) is 11.8 Å². The number of halogens is 1. The molecule has 0 atom stereocenters. The number of benzene rings is 1. The SMILES string of the molecule is CCCCN(CC)CC#CCOCc1ccc(Cl)cc1. The summed E-state index contributed by atoms with van der Waals surface area (Å²) in [5, 5.41) is 0.750. The number of rotatable bonds is 8. The van der Waals surface area contributed by atoms with Gasteiger partial charge in [-0.2, -0.15) is 0 Å². The molecule has 1 rings (SSSR count). The first-order valence-electron chi connectivity index (χ1n) is 7.26. The summed E-state index contributed by atoms with van der Waals surface area (Å²) < 4.78 is 5.52. The molecule has 2 nitrogen and oxygen atoms in total. The molecule has 0 aliphatic heterocycles. The van der Waals surface area contributed by atoms with Gasteiger partial charge in [0.2, 0.25) is 0 Å². The van der Waals surface area contributed by atoms with E-state index in [9.17, 15) is 0 Å². The monoisotopic (exact) mass is 293 g/mol. The van der Waals surface area contributed by atoms with E-state index in [1.807, 2.05) is 24.3 Å². The molecule has 20 heavy (non-hydrogen) atoms. The lowest BCUT2D eigenvalue weighted by molar-refractivity contribution is 0.153. The molecule has 0 saturated carbocycles. The van der Waals surface area contributed by atoms with Gasteiger partial charge in [-0.15, -0.1) is 0 Å². The number of unbranched alkanes of at least 4 members (excludes halogenated alkanes) is 1. The third-order valence-electron chi connectivity index (χ3n) is 3.06. The molecule has 0 amide bonds. The third-order valence-corrected chi connectivity index (χ3v) is 3.31. The van der Waals surface area contributed by atoms with Crippen LogP contribution in [0.3, 0.4) is 0 Å². The molecular formula is C17H24ClNO. The van der Waals surface area contributed by atoms with Gasteiger partial charge in [-0.05, 0) is 37.2 Å². The molecular weight excluding hydrogens is 270 g/mol. The largest absolute Gasteiger partial charge is 0.364 e. The summed E-state index contributed by atoms with van der Waals surface area (Å²) in [6, 6.07) is 7.69. The zero-order chi connectivity index (χ0) is 14.6. The molecule has 0 aliphatic rings. The molecule has 0 aromatic heterocycles. The zero-order valence-corrected chi connectivity index (χ0v) is 13.2. The summed E-state index contributed by atoms with van der Waals surface area (Å²) in [6.07, 6.45) is 2.47. The number of hydrogen-bond acceptors (Lipinski definition) is 2. The lowest BCUT2D eigenvalue weighted by Gasteiger charge is -2.16. The molecule has 0 fully saturated rings. The first kappa shape index (κ1) is 17.0. The normalized spacial score (nSPS) is 10.4. The molecule has 0 heterocycles. The molecule has 1 aromatic rings. The van der Waals surface area contributed by atoms with Gasteiger partial charge in [0.1, 0.15) is 6.61 Å². The first-order valence-corrected chi connectivity index (χ1v) is 7.64. The average molecular weight is 294 g/mol. The summed E-state index contributed by atoms with van der Waals surface area (Å²) in [4.78, 5) is 2.36. The molecule has 0 bridgehead atoms. The van der Waals surface area contributed by atoms with Gasteiger partial charge in [0, 0.05) is 5.02 Å². The Bertz CT molecular complexity index is 419. The van der Waals surface area contributed by atoms with Crippen molar-refractivity contribution in [2.75, 3.05) is 26.2 Å². The predicted octanol–water partition coefficient (Wildman–Crippen LogP) is 3.98. The van der Waals surface area contributed by atoms with Gasteiger partial charge in [-0.25, -0.2) is 0 Å². The van der Waals surface area contributed by atoms with Gasteiger partial charge in [-0.3, -0.25) is 4.90 Å². The third kappa shape index (κ3) is 7.55. The van der Waals surface area contributed by atoms with Crippen LogP contribution in [0.15, 0.2) is 24.3 Å². The van der Waals surface area contributed by atoms with Crippen LogP contribution in [0, 0.1) is 11.8 Å². The molecule has 0 N–H and O–H groups in total. The van der Waals surface area contributed by atoms with Crippen molar-refractivity contribution in [1.29, 1.82) is 0 Å². The molecule has 0 unspecified atom stereocenters. The molecule has 3 heteroatoms. The van der Waals surface area contributed by atoms with Crippen LogP contribution in [0.25, 0.3) is 0 Å². The molecule has 0 radical (unpaired) electrons. The Hall–Kier alpha value is -1.01. The smallest absolute Gasteiger partial charge is 0.108 e. The fourth-order valence-corrected chi connectivity index (χ4v) is 1.88. The second kappa shape index (κ2) is 10.7. The van der Waals surface area contributed by atoms with Crippen LogP contribution in [-0.2, 0) is 11.3 Å². The molecule has 0 aliphatic carbocycles. The van der Waals surface area contributed by atoms with Crippen molar-refractivity contribution >= 4 is 11.6 Å². The Balaban J connectivity index is 2.17. The Morgan fingerprint density at radius 2 is 1.90 bits per heavy atom. The van der Waals surface area contributed by atoms with E-state index in [2.05, 4.69) is 30.6 Å². The average Bonchev–Trinajstić information content (AvgIpc) is 2.47. The van der Waals surface area contributed by atoms with Crippen molar-refractivity contribution < 1.29 is 4.74 Å². The van der Waals surface area contributed by atoms with Crippen LogP contribution in [0.4, 0.5) is 0 Å². The van der Waals surface area contributed by atoms with E-state index in [1.54, 1.807) is 0 Å². The van der Waals surface area contributed by atoms with Crippen molar-refractivity contribution in [2.45, 2.75) is 33.3 Å². The number of nitrogens with zero attached hydrogens (tertiary/aromatic N) is 1. The Morgan fingerprint density at radius 1 is 1.15 bits per heavy atom. The van der Waals surface area contributed by atoms with Gasteiger partial charge < -0.3 is 4.74 Å². The highest BCUT2D eigenvalue weighted by Crippen LogP contribution is 2.09. The zero-order valence-electron chi connectivity index (χ0n) is 12.5. The predicted molar refractivity (Wildman–Crippen MR) is 85.9 cm³/mol. The fourth-order valence-electron chi connectivity index (χ4n) is 1.75. The minimum atomic E-state index is 0.480. The van der Waals surface area contributed by atoms with Crippen LogP contribution < -0.4 is 0 Å². The minimum absolute atomic E-state index is 0.480. The minimum Gasteiger partial charge on any atom is -0.364 e. The van der Waals surface area contributed by atoms with E-state index in [0.717, 1.165) is 30.2 Å². The number of hydrogen-bond donors (Lipinski definition) is 0. The highest BCUT2D eigenvalue weighted by Gasteiger charge is 1.97. The quantitative estimate of drug-likeness (QED) is 0.531. The van der Waals surface area contributed by atoms with E-state index in [4.69, 9.17) is 16.3 Å². The molecule has 0 spiro atoms. The maximum absolute atomic E-state index is 5.83. The first-order chi connectivity index (χ1) is 9.76. The lowest BCUT2D eigenvalue weighted by Crippen LogP contribution is -2.24. The topological polar surface area (TPSA) is 12.5 Å². The fraction of sp³-hybridized carbons (Fsp3) is 0.529. The summed E-state index contributed by atoms with van der Waals surface area (Å²) in [7, 11) is 0. The van der Waals surface area contributed by atoms with E-state index in [1.165, 1.54) is 12.8 Å². The maximum atomic E-state index is 5.83. The van der Waals surface area contributed by atoms with Crippen LogP contribution in [-0.4, -0.2) is 31.1 Å². The van der Waals surface area contributed by atoms with Crippen LogP contribution >= 0.6 is 11.6 Å². The van der Waals surface area contributed by atoms with E-state index in [-0.39, 0.29) is 0 Å². The van der Waals surface area contributed by atoms with Crippen molar-refractivity contribution in [3.05, 3.63) is 34.9 Å². The highest BCUT2D eigenvalue weighted by molar-refractivity contribution is 6.30. The van der Waals surface area contributed by atoms with Gasteiger partial charge in [0.15, 0.2) is 0 Å². The van der Waals surface area contributed by atoms with E-state index >= 15 is 0 Å². The summed E-state index contributed by atoms with van der Waals surface area (Å²) in [6.45, 7) is 8.47. The summed E-state index contributed by atoms with van der Waals surface area (Å²) >= 11 is 5.83. The lowest BCUT2D eigenvalue weighted by atomic mass is 10.2. The Morgan fingerprint density at radius 3 is 2.55 bits per heavy atom. The molecule has 1 aromatic carbocycles. The highest BCUT2D eigenvalue weighted by atomic mass is 35.5. The summed E-state index contributed by atoms with van der Waals surface area (Å²) in [5.41, 5.74) is 1.12. The van der Waals surface area contributed by atoms with E-state index < -0.39 is 0 Å². The van der Waals surface area contributed by atoms with Gasteiger partial charge in [-0.1, -0.05) is 55.8 Å². The van der Waals surface area contributed by atoms with Gasteiger partial charge in [0.05, 0.1) is 13.2 Å². The standard InChI is InChI=1S/C17H24ClNO/c1-3-5-12-19(4-2)13-6-7-14-20-15-16-8-10-17(18)11-9-16/h8-11H,3-5,12-15H2,1-2H3. The summed E-state index contributed by atoms with van der Waals surface area (Å²) in [5.74, 6) is 6.24. The molecule has 0 saturated heterocycles. The van der Waals surface area contributed by atoms with Crippen LogP contribution in [0.5, 0.6) is 0 Å². The van der Waals surface area contributed by atoms with Crippen molar-refractivity contribution in [3.63, 3.8) is 0 Å². The van der Waals surface area contributed by atoms with Gasteiger partial charge in [0.25, 0.3) is 0 Å². The van der Waals surface area contributed by atoms with Crippen molar-refractivity contribution in [2.24, 2.45) is 0 Å². The second-order valence-corrected chi connectivity index (χ2v) is 5.13. The number of ether oxygens (including phenoxy) is 1. The van der Waals surface area contributed by atoms with E-state index in [0.29, 0.717) is 13.2 Å². The Labute approximate surface area is 128 Å². The maximum Gasteiger partial charge on any atom is 0.108 e. The van der Waals surface area contributed by atoms with Crippen LogP contribution in [0.2, 0.25) is 5.02 Å². The van der Waals surface area contributed by atoms with Crippen LogP contribution in [0.1, 0.15) is 32.3 Å². The molecule has 110 valence electrons. The van der Waals surface area contributed by atoms with Crippen molar-refractivity contribution in [1.82, 2.24) is 4.90 Å². The van der Waals surface area contributed by atoms with Gasteiger partial charge >= 0.3 is 0 Å².